The summed E-state index contributed by atoms with van der Waals surface area (Å²) in [4.78, 5) is 13.0. The van der Waals surface area contributed by atoms with E-state index in [1.54, 1.807) is 6.07 Å². The zero-order valence-corrected chi connectivity index (χ0v) is 14.1. The number of benzene rings is 2. The number of hydrogen-bond acceptors (Lipinski definition) is 2. The summed E-state index contributed by atoms with van der Waals surface area (Å²) in [6, 6.07) is 19.7. The summed E-state index contributed by atoms with van der Waals surface area (Å²) in [5.74, 6) is 0.857. The molecule has 0 fully saturated rings. The minimum atomic E-state index is -6.00. The molecular weight excluding hydrogens is 355 g/mol. The van der Waals surface area contributed by atoms with E-state index in [0.29, 0.717) is 5.58 Å². The smallest absolute Gasteiger partial charge is 0.423 e. The van der Waals surface area contributed by atoms with Crippen LogP contribution in [-0.2, 0) is 16.6 Å². The number of para-hydroxylation sites is 1. The summed E-state index contributed by atoms with van der Waals surface area (Å²) in [7, 11) is -5.93. The Labute approximate surface area is 144 Å². The molecule has 3 rings (SSSR count). The van der Waals surface area contributed by atoms with E-state index in [-0.39, 0.29) is 16.5 Å². The van der Waals surface area contributed by atoms with Gasteiger partial charge in [0.1, 0.15) is 17.6 Å². The van der Waals surface area contributed by atoms with Crippen molar-refractivity contribution in [1.29, 1.82) is 0 Å². The lowest BCUT2D eigenvalue weighted by atomic mass is 10.1. The Kier molecular flexibility index (Phi) is 6.30. The van der Waals surface area contributed by atoms with Crippen molar-refractivity contribution in [2.24, 2.45) is 0 Å². The third-order valence-corrected chi connectivity index (χ3v) is 5.07. The first kappa shape index (κ1) is 19.1. The van der Waals surface area contributed by atoms with Crippen molar-refractivity contribution in [3.8, 4) is 0 Å². The summed E-state index contributed by atoms with van der Waals surface area (Å²) in [6.45, 7) is 0. The van der Waals surface area contributed by atoms with Crippen molar-refractivity contribution < 1.29 is 21.7 Å². The maximum Gasteiger partial charge on any atom is 0.673 e. The quantitative estimate of drug-likeness (QED) is 0.284. The van der Waals surface area contributed by atoms with E-state index in [2.05, 4.69) is 30.5 Å². The largest absolute Gasteiger partial charge is 0.673 e. The molecule has 0 saturated carbocycles. The molecule has 0 aliphatic rings. The first-order valence-electron chi connectivity index (χ1n) is 7.31. The standard InChI is InChI=1S/C17H15O2S.BF4/c1-20(14-7-3-2-4-8-14)12-13-11-17(18)19-16-10-6-5-9-15(13)16;2-1(3,4)5/h2-11H,12H2,1H3;/q+1;-1. The van der Waals surface area contributed by atoms with Gasteiger partial charge >= 0.3 is 12.9 Å². The van der Waals surface area contributed by atoms with Crippen LogP contribution in [0.5, 0.6) is 0 Å². The summed E-state index contributed by atoms with van der Waals surface area (Å²) >= 11 is 0. The van der Waals surface area contributed by atoms with Gasteiger partial charge in [-0.15, -0.1) is 0 Å². The van der Waals surface area contributed by atoms with Crippen LogP contribution in [0.3, 0.4) is 0 Å². The molecule has 0 saturated heterocycles. The maximum atomic E-state index is 11.7. The van der Waals surface area contributed by atoms with Crippen LogP contribution in [0.15, 0.2) is 74.8 Å². The molecule has 0 radical (unpaired) electrons. The molecule has 0 aliphatic heterocycles. The highest BCUT2D eigenvalue weighted by Crippen LogP contribution is 2.22. The van der Waals surface area contributed by atoms with Crippen LogP contribution >= 0.6 is 0 Å². The van der Waals surface area contributed by atoms with Crippen LogP contribution in [0.25, 0.3) is 11.0 Å². The van der Waals surface area contributed by atoms with Crippen LogP contribution in [0.2, 0.25) is 0 Å². The Morgan fingerprint density at radius 1 is 0.960 bits per heavy atom. The van der Waals surface area contributed by atoms with Crippen molar-refractivity contribution >= 4 is 29.1 Å². The normalized spacial score (nSPS) is 12.4. The highest BCUT2D eigenvalue weighted by atomic mass is 32.2. The third kappa shape index (κ3) is 6.30. The fraction of sp³-hybridized carbons (Fsp3) is 0.118. The minimum Gasteiger partial charge on any atom is -0.423 e. The molecule has 1 heterocycles. The Hall–Kier alpha value is -2.22. The third-order valence-electron chi connectivity index (χ3n) is 3.25. The van der Waals surface area contributed by atoms with Crippen LogP contribution < -0.4 is 5.63 Å². The van der Waals surface area contributed by atoms with Crippen molar-refractivity contribution in [1.82, 2.24) is 0 Å². The number of halogens is 4. The van der Waals surface area contributed by atoms with Gasteiger partial charge in [-0.25, -0.2) is 4.79 Å². The van der Waals surface area contributed by atoms with Gasteiger partial charge in [0, 0.05) is 27.9 Å². The van der Waals surface area contributed by atoms with Crippen LogP contribution in [0.1, 0.15) is 5.56 Å². The van der Waals surface area contributed by atoms with Crippen LogP contribution in [-0.4, -0.2) is 13.5 Å². The van der Waals surface area contributed by atoms with Gasteiger partial charge in [-0.05, 0) is 18.2 Å². The zero-order valence-electron chi connectivity index (χ0n) is 13.3. The minimum absolute atomic E-state index is 0.0708. The molecule has 0 N–H and O–H groups in total. The molecule has 3 aromatic rings. The van der Waals surface area contributed by atoms with Gasteiger partial charge in [-0.2, -0.15) is 0 Å². The number of fused-ring (bicyclic) bond motifs is 1. The van der Waals surface area contributed by atoms with Crippen molar-refractivity contribution in [2.45, 2.75) is 10.6 Å². The monoisotopic (exact) mass is 370 g/mol. The molecule has 1 atom stereocenters. The average molecular weight is 370 g/mol. The Morgan fingerprint density at radius 2 is 1.52 bits per heavy atom. The van der Waals surface area contributed by atoms with Crippen molar-refractivity contribution in [2.75, 3.05) is 6.26 Å². The van der Waals surface area contributed by atoms with Gasteiger partial charge in [0.25, 0.3) is 0 Å². The second-order valence-electron chi connectivity index (χ2n) is 5.18. The second kappa shape index (κ2) is 8.25. The van der Waals surface area contributed by atoms with E-state index >= 15 is 0 Å². The molecular formula is C17H15BF4O2S. The van der Waals surface area contributed by atoms with E-state index in [0.717, 1.165) is 16.7 Å². The van der Waals surface area contributed by atoms with Gasteiger partial charge in [-0.1, -0.05) is 36.4 Å². The molecule has 0 bridgehead atoms. The second-order valence-corrected chi connectivity index (χ2v) is 7.21. The summed E-state index contributed by atoms with van der Waals surface area (Å²) in [5.41, 5.74) is 1.45. The summed E-state index contributed by atoms with van der Waals surface area (Å²) < 4.78 is 44.2. The Bertz CT molecular complexity index is 875. The summed E-state index contributed by atoms with van der Waals surface area (Å²) in [5, 5.41) is 1.03. The average Bonchev–Trinajstić information content (AvgIpc) is 2.54. The van der Waals surface area contributed by atoms with Crippen molar-refractivity contribution in [3.63, 3.8) is 0 Å². The molecule has 1 unspecified atom stereocenters. The van der Waals surface area contributed by atoms with Gasteiger partial charge in [-0.3, -0.25) is 0 Å². The van der Waals surface area contributed by atoms with E-state index in [4.69, 9.17) is 4.42 Å². The van der Waals surface area contributed by atoms with Crippen LogP contribution in [0, 0.1) is 0 Å². The predicted molar refractivity (Wildman–Crippen MR) is 94.4 cm³/mol. The Balaban J connectivity index is 0.000000399. The molecule has 0 spiro atoms. The van der Waals surface area contributed by atoms with Gasteiger partial charge in [0.2, 0.25) is 0 Å². The first-order chi connectivity index (χ1) is 11.7. The SMILES string of the molecule is C[S+](Cc1cc(=O)oc2ccccc12)c1ccccc1.F[B-](F)(F)F. The van der Waals surface area contributed by atoms with Gasteiger partial charge < -0.3 is 21.7 Å². The van der Waals surface area contributed by atoms with Crippen LogP contribution in [0.4, 0.5) is 17.3 Å². The summed E-state index contributed by atoms with van der Waals surface area (Å²) in [6.07, 6.45) is 2.21. The van der Waals surface area contributed by atoms with Crippen molar-refractivity contribution in [3.05, 3.63) is 76.6 Å². The highest BCUT2D eigenvalue weighted by molar-refractivity contribution is 7.95. The predicted octanol–water partition coefficient (Wildman–Crippen LogP) is 4.90. The lowest BCUT2D eigenvalue weighted by molar-refractivity contribution is 0.368. The van der Waals surface area contributed by atoms with E-state index in [1.807, 2.05) is 30.3 Å². The zero-order chi connectivity index (χ0) is 18.4. The lowest BCUT2D eigenvalue weighted by Crippen LogP contribution is -2.07. The lowest BCUT2D eigenvalue weighted by Gasteiger charge is -2.05. The van der Waals surface area contributed by atoms with Gasteiger partial charge in [0.15, 0.2) is 4.90 Å². The molecule has 132 valence electrons. The topological polar surface area (TPSA) is 30.2 Å². The van der Waals surface area contributed by atoms with E-state index in [1.165, 1.54) is 4.90 Å². The highest BCUT2D eigenvalue weighted by Gasteiger charge is 2.20. The number of hydrogen-bond donors (Lipinski definition) is 0. The fourth-order valence-electron chi connectivity index (χ4n) is 2.27. The maximum absolute atomic E-state index is 11.7. The Morgan fingerprint density at radius 3 is 2.16 bits per heavy atom. The fourth-order valence-corrected chi connectivity index (χ4v) is 3.76. The molecule has 0 amide bonds. The van der Waals surface area contributed by atoms with E-state index in [9.17, 15) is 22.1 Å². The molecule has 25 heavy (non-hydrogen) atoms. The van der Waals surface area contributed by atoms with E-state index < -0.39 is 7.25 Å². The first-order valence-corrected chi connectivity index (χ1v) is 9.11. The molecule has 1 aromatic heterocycles. The van der Waals surface area contributed by atoms with Gasteiger partial charge in [0.05, 0.1) is 0 Å². The molecule has 2 aromatic carbocycles. The molecule has 0 aliphatic carbocycles. The molecule has 8 heteroatoms. The molecule has 2 nitrogen and oxygen atoms in total. The number of rotatable bonds is 3.